The number of anilines is 1. The lowest BCUT2D eigenvalue weighted by molar-refractivity contribution is 0.102. The van der Waals surface area contributed by atoms with Crippen molar-refractivity contribution < 1.29 is 9.53 Å². The highest BCUT2D eigenvalue weighted by molar-refractivity contribution is 8.13. The van der Waals surface area contributed by atoms with E-state index in [1.807, 2.05) is 13.0 Å². The minimum Gasteiger partial charge on any atom is -0.463 e. The van der Waals surface area contributed by atoms with Crippen LogP contribution in [0, 0.1) is 11.8 Å². The first-order valence-electron chi connectivity index (χ1n) is 8.60. The van der Waals surface area contributed by atoms with E-state index in [0.29, 0.717) is 16.9 Å². The van der Waals surface area contributed by atoms with Gasteiger partial charge in [-0.25, -0.2) is 15.0 Å². The molecule has 0 bridgehead atoms. The Labute approximate surface area is 167 Å². The van der Waals surface area contributed by atoms with Gasteiger partial charge in [-0.2, -0.15) is 0 Å². The van der Waals surface area contributed by atoms with Crippen LogP contribution in [0.4, 0.5) is 5.82 Å². The van der Waals surface area contributed by atoms with Crippen LogP contribution in [0.15, 0.2) is 35.7 Å². The lowest BCUT2D eigenvalue weighted by Crippen LogP contribution is -2.29. The van der Waals surface area contributed by atoms with Crippen molar-refractivity contribution in [2.45, 2.75) is 25.8 Å². The molecule has 0 fully saturated rings. The summed E-state index contributed by atoms with van der Waals surface area (Å²) in [5.74, 6) is 6.67. The maximum absolute atomic E-state index is 12.4. The van der Waals surface area contributed by atoms with Gasteiger partial charge in [-0.1, -0.05) is 17.7 Å². The highest BCUT2D eigenvalue weighted by Gasteiger charge is 2.29. The van der Waals surface area contributed by atoms with Gasteiger partial charge in [0.15, 0.2) is 11.8 Å². The van der Waals surface area contributed by atoms with E-state index in [4.69, 9.17) is 10.5 Å². The predicted molar refractivity (Wildman–Crippen MR) is 109 cm³/mol. The number of amides is 1. The summed E-state index contributed by atoms with van der Waals surface area (Å²) in [7, 11) is 0. The first kappa shape index (κ1) is 19.6. The number of rotatable bonds is 5. The van der Waals surface area contributed by atoms with Crippen molar-refractivity contribution in [1.82, 2.24) is 15.0 Å². The van der Waals surface area contributed by atoms with Crippen molar-refractivity contribution in [2.75, 3.05) is 17.7 Å². The van der Waals surface area contributed by atoms with E-state index < -0.39 is 11.4 Å². The fourth-order valence-corrected chi connectivity index (χ4v) is 3.57. The van der Waals surface area contributed by atoms with Crippen molar-refractivity contribution >= 4 is 28.7 Å². The highest BCUT2D eigenvalue weighted by atomic mass is 32.2. The number of nitrogens with zero attached hydrogens (tertiary/aromatic N) is 4. The second-order valence-electron chi connectivity index (χ2n) is 6.16. The van der Waals surface area contributed by atoms with E-state index in [9.17, 15) is 4.79 Å². The topological polar surface area (TPSA) is 115 Å². The Morgan fingerprint density at radius 1 is 1.39 bits per heavy atom. The summed E-state index contributed by atoms with van der Waals surface area (Å²) >= 11 is 1.54. The summed E-state index contributed by atoms with van der Waals surface area (Å²) < 4.78 is 5.29. The Morgan fingerprint density at radius 2 is 2.25 bits per heavy atom. The first-order chi connectivity index (χ1) is 13.5. The predicted octanol–water partition coefficient (Wildman–Crippen LogP) is 2.19. The number of ether oxygens (including phenoxy) is 1. The molecule has 1 amide bonds. The van der Waals surface area contributed by atoms with Crippen LogP contribution in [0.25, 0.3) is 0 Å². The average Bonchev–Trinajstić information content (AvgIpc) is 2.69. The van der Waals surface area contributed by atoms with E-state index in [1.165, 1.54) is 12.4 Å². The lowest BCUT2D eigenvalue weighted by Gasteiger charge is -2.29. The summed E-state index contributed by atoms with van der Waals surface area (Å²) in [5.41, 5.74) is 6.55. The van der Waals surface area contributed by atoms with E-state index in [-0.39, 0.29) is 12.3 Å². The molecule has 1 atom stereocenters. The van der Waals surface area contributed by atoms with Gasteiger partial charge in [0.25, 0.3) is 5.91 Å². The SMILES string of the molecule is CC#CCOc1cnc(C(=O)Nc2cc([C@]3(C)CCSC(N)=N3)ccn2)cn1. The smallest absolute Gasteiger partial charge is 0.277 e. The van der Waals surface area contributed by atoms with Crippen LogP contribution in [0.3, 0.4) is 0 Å². The summed E-state index contributed by atoms with van der Waals surface area (Å²) in [6.07, 6.45) is 5.22. The first-order valence-corrected chi connectivity index (χ1v) is 9.59. The number of carbonyl (C=O) groups is 1. The molecule has 1 aliphatic heterocycles. The Bertz CT molecular complexity index is 951. The van der Waals surface area contributed by atoms with Crippen LogP contribution in [0.2, 0.25) is 0 Å². The summed E-state index contributed by atoms with van der Waals surface area (Å²) in [4.78, 5) is 29.4. The van der Waals surface area contributed by atoms with Crippen LogP contribution in [0.1, 0.15) is 36.3 Å². The second kappa shape index (κ2) is 8.71. The zero-order valence-corrected chi connectivity index (χ0v) is 16.4. The quantitative estimate of drug-likeness (QED) is 0.744. The van der Waals surface area contributed by atoms with Crippen molar-refractivity contribution in [3.8, 4) is 17.7 Å². The van der Waals surface area contributed by atoms with Crippen LogP contribution in [-0.4, -0.2) is 38.4 Å². The molecular weight excluding hydrogens is 376 g/mol. The normalized spacial score (nSPS) is 18.4. The molecule has 0 unspecified atom stereocenters. The number of amidine groups is 1. The third-order valence-corrected chi connectivity index (χ3v) is 4.94. The third kappa shape index (κ3) is 4.78. The van der Waals surface area contributed by atoms with Gasteiger partial charge >= 0.3 is 0 Å². The zero-order chi connectivity index (χ0) is 20.0. The molecule has 9 heteroatoms. The van der Waals surface area contributed by atoms with Crippen molar-refractivity contribution in [1.29, 1.82) is 0 Å². The molecule has 0 saturated heterocycles. The third-order valence-electron chi connectivity index (χ3n) is 4.15. The van der Waals surface area contributed by atoms with Crippen molar-refractivity contribution in [3.63, 3.8) is 0 Å². The number of hydrogen-bond donors (Lipinski definition) is 2. The number of nitrogens with two attached hydrogens (primary N) is 1. The largest absolute Gasteiger partial charge is 0.463 e. The monoisotopic (exact) mass is 396 g/mol. The van der Waals surface area contributed by atoms with Gasteiger partial charge in [-0.05, 0) is 38.0 Å². The highest BCUT2D eigenvalue weighted by Crippen LogP contribution is 2.35. The summed E-state index contributed by atoms with van der Waals surface area (Å²) in [6.45, 7) is 3.96. The van der Waals surface area contributed by atoms with Gasteiger partial charge in [-0.15, -0.1) is 5.92 Å². The van der Waals surface area contributed by atoms with Gasteiger partial charge in [0, 0.05) is 11.9 Å². The maximum atomic E-state index is 12.4. The molecule has 0 radical (unpaired) electrons. The maximum Gasteiger partial charge on any atom is 0.277 e. The number of aliphatic imine (C=N–C) groups is 1. The second-order valence-corrected chi connectivity index (χ2v) is 7.28. The van der Waals surface area contributed by atoms with Gasteiger partial charge in [0.05, 0.1) is 17.9 Å². The van der Waals surface area contributed by atoms with Crippen LogP contribution < -0.4 is 15.8 Å². The Kier molecular flexibility index (Phi) is 6.11. The molecule has 8 nitrogen and oxygen atoms in total. The van der Waals surface area contributed by atoms with E-state index in [1.54, 1.807) is 30.9 Å². The van der Waals surface area contributed by atoms with Crippen LogP contribution in [0.5, 0.6) is 5.88 Å². The Balaban J connectivity index is 1.70. The van der Waals surface area contributed by atoms with E-state index in [2.05, 4.69) is 37.1 Å². The minimum absolute atomic E-state index is 0.156. The molecule has 2 aromatic heterocycles. The van der Waals surface area contributed by atoms with Gasteiger partial charge in [0.1, 0.15) is 11.5 Å². The van der Waals surface area contributed by atoms with Crippen LogP contribution in [-0.2, 0) is 5.54 Å². The number of carbonyl (C=O) groups excluding carboxylic acids is 1. The molecule has 2 aromatic rings. The molecule has 144 valence electrons. The van der Waals surface area contributed by atoms with Gasteiger partial charge in [-0.3, -0.25) is 9.79 Å². The van der Waals surface area contributed by atoms with Gasteiger partial charge < -0.3 is 15.8 Å². The average molecular weight is 396 g/mol. The fraction of sp³-hybridized carbons (Fsp3) is 0.316. The minimum atomic E-state index is -0.433. The van der Waals surface area contributed by atoms with E-state index >= 15 is 0 Å². The summed E-state index contributed by atoms with van der Waals surface area (Å²) in [5, 5.41) is 3.31. The molecule has 3 N–H and O–H groups in total. The molecule has 0 aromatic carbocycles. The molecule has 0 saturated carbocycles. The van der Waals surface area contributed by atoms with Crippen molar-refractivity contribution in [2.24, 2.45) is 10.7 Å². The molecule has 0 aliphatic carbocycles. The molecule has 3 heterocycles. The molecule has 28 heavy (non-hydrogen) atoms. The Hall–Kier alpha value is -3.12. The molecule has 1 aliphatic rings. The standard InChI is InChI=1S/C19H20N6O2S/c1-3-4-8-27-16-12-22-14(11-23-16)17(26)24-15-10-13(5-7-21-15)19(2)6-9-28-18(20)25-19/h5,7,10-12H,6,8-9H2,1-2H3,(H2,20,25)(H,21,24,26)/t19-/m0/s1. The van der Waals surface area contributed by atoms with E-state index in [0.717, 1.165) is 17.7 Å². The molecular formula is C19H20N6O2S. The fourth-order valence-electron chi connectivity index (χ4n) is 2.60. The lowest BCUT2D eigenvalue weighted by atomic mass is 9.90. The van der Waals surface area contributed by atoms with Crippen molar-refractivity contribution in [3.05, 3.63) is 42.0 Å². The van der Waals surface area contributed by atoms with Gasteiger partial charge in [0.2, 0.25) is 5.88 Å². The number of hydrogen-bond acceptors (Lipinski definition) is 8. The summed E-state index contributed by atoms with van der Waals surface area (Å²) in [6, 6.07) is 3.69. The molecule has 0 spiro atoms. The Morgan fingerprint density at radius 3 is 2.96 bits per heavy atom. The zero-order valence-electron chi connectivity index (χ0n) is 15.6. The number of thioether (sulfide) groups is 1. The number of aromatic nitrogens is 3. The van der Waals surface area contributed by atoms with Crippen LogP contribution >= 0.6 is 11.8 Å². The number of pyridine rings is 1. The number of nitrogens with one attached hydrogen (secondary N) is 1. The molecule has 3 rings (SSSR count).